The van der Waals surface area contributed by atoms with Crippen molar-refractivity contribution in [3.05, 3.63) is 59.0 Å². The van der Waals surface area contributed by atoms with Gasteiger partial charge in [-0.15, -0.1) is 0 Å². The molecule has 0 radical (unpaired) electrons. The van der Waals surface area contributed by atoms with Crippen LogP contribution in [0.1, 0.15) is 31.2 Å². The van der Waals surface area contributed by atoms with Crippen LogP contribution in [0.4, 0.5) is 13.2 Å². The molecule has 0 bridgehead atoms. The number of hydrogen-bond donors (Lipinski definition) is 0. The van der Waals surface area contributed by atoms with E-state index in [1.165, 1.54) is 18.2 Å². The summed E-state index contributed by atoms with van der Waals surface area (Å²) in [6.45, 7) is 0. The van der Waals surface area contributed by atoms with Crippen molar-refractivity contribution in [2.45, 2.75) is 42.6 Å². The fraction of sp³-hybridized carbons (Fsp3) is 0.429. The first-order valence-electron chi connectivity index (χ1n) is 9.08. The van der Waals surface area contributed by atoms with E-state index in [1.54, 1.807) is 12.1 Å². The number of benzene rings is 1. The minimum atomic E-state index is -3.32. The molecule has 2 atom stereocenters. The molecular weight excluding hydrogens is 389 g/mol. The molecule has 3 aliphatic rings. The van der Waals surface area contributed by atoms with E-state index in [4.69, 9.17) is 0 Å². The van der Waals surface area contributed by atoms with Crippen molar-refractivity contribution < 1.29 is 26.3 Å². The predicted molar refractivity (Wildman–Crippen MR) is 100 cm³/mol. The lowest BCUT2D eigenvalue weighted by Gasteiger charge is -2.28. The van der Waals surface area contributed by atoms with Crippen molar-refractivity contribution >= 4 is 15.4 Å². The van der Waals surface area contributed by atoms with Crippen LogP contribution in [0, 0.1) is 5.41 Å². The lowest BCUT2D eigenvalue weighted by molar-refractivity contribution is -0.125. The summed E-state index contributed by atoms with van der Waals surface area (Å²) in [6.07, 6.45) is 4.12. The molecule has 0 amide bonds. The van der Waals surface area contributed by atoms with Gasteiger partial charge in [-0.3, -0.25) is 0 Å². The first-order valence-corrected chi connectivity index (χ1v) is 11.0. The van der Waals surface area contributed by atoms with Gasteiger partial charge >= 0.3 is 0 Å². The van der Waals surface area contributed by atoms with Crippen LogP contribution in [0.2, 0.25) is 0 Å². The summed E-state index contributed by atoms with van der Waals surface area (Å²) < 4.78 is 71.4. The molecule has 1 fully saturated rings. The maximum Gasteiger partial charge on any atom is 0.266 e. The first kappa shape index (κ1) is 19.5. The van der Waals surface area contributed by atoms with Gasteiger partial charge in [0.2, 0.25) is 6.17 Å². The number of rotatable bonds is 4. The van der Waals surface area contributed by atoms with E-state index in [-0.39, 0.29) is 15.9 Å². The van der Waals surface area contributed by atoms with Crippen LogP contribution in [0.15, 0.2) is 58.3 Å². The maximum atomic E-state index is 14.8. The van der Waals surface area contributed by atoms with Gasteiger partial charge in [0.1, 0.15) is 5.83 Å². The molecule has 1 aromatic rings. The Balaban J connectivity index is 1.78. The average molecular weight is 410 g/mol. The van der Waals surface area contributed by atoms with Crippen LogP contribution in [0.25, 0.3) is 5.57 Å². The summed E-state index contributed by atoms with van der Waals surface area (Å²) >= 11 is 0. The van der Waals surface area contributed by atoms with Crippen LogP contribution in [0.3, 0.4) is 0 Å². The fourth-order valence-electron chi connectivity index (χ4n) is 4.08. The van der Waals surface area contributed by atoms with E-state index in [1.807, 2.05) is 0 Å². The SMILES string of the molecule is COC1(F)C=CC(C2=C(c3ccc(S(C)(=O)=O)cc3)CC3(CC3)C2)=C(F)C1F. The van der Waals surface area contributed by atoms with Crippen molar-refractivity contribution in [3.63, 3.8) is 0 Å². The topological polar surface area (TPSA) is 43.4 Å². The van der Waals surface area contributed by atoms with E-state index in [0.717, 1.165) is 43.4 Å². The van der Waals surface area contributed by atoms with Crippen LogP contribution in [0.5, 0.6) is 0 Å². The van der Waals surface area contributed by atoms with E-state index in [2.05, 4.69) is 4.74 Å². The number of alkyl halides is 2. The summed E-state index contributed by atoms with van der Waals surface area (Å²) in [7, 11) is -2.32. The average Bonchev–Trinajstić information content (AvgIpc) is 3.31. The third-order valence-corrected chi connectivity index (χ3v) is 7.12. The molecule has 150 valence electrons. The second-order valence-corrected chi connectivity index (χ2v) is 9.98. The molecule has 2 unspecified atom stereocenters. The van der Waals surface area contributed by atoms with Gasteiger partial charge in [-0.05, 0) is 66.0 Å². The molecule has 0 saturated heterocycles. The van der Waals surface area contributed by atoms with Gasteiger partial charge in [-0.25, -0.2) is 21.6 Å². The Hall–Kier alpha value is -1.86. The zero-order chi connectivity index (χ0) is 20.3. The Morgan fingerprint density at radius 1 is 1.11 bits per heavy atom. The molecule has 1 spiro atoms. The van der Waals surface area contributed by atoms with E-state index < -0.39 is 27.7 Å². The molecule has 1 aromatic carbocycles. The van der Waals surface area contributed by atoms with Gasteiger partial charge < -0.3 is 4.74 Å². The Bertz CT molecular complexity index is 1020. The molecule has 0 N–H and O–H groups in total. The van der Waals surface area contributed by atoms with Gasteiger partial charge in [0.05, 0.1) is 4.90 Å². The molecule has 0 aromatic heterocycles. The van der Waals surface area contributed by atoms with Crippen LogP contribution >= 0.6 is 0 Å². The Morgan fingerprint density at radius 3 is 2.25 bits per heavy atom. The Morgan fingerprint density at radius 2 is 1.71 bits per heavy atom. The number of methoxy groups -OCH3 is 1. The van der Waals surface area contributed by atoms with Gasteiger partial charge in [0.25, 0.3) is 5.85 Å². The maximum absolute atomic E-state index is 14.8. The molecule has 0 aliphatic heterocycles. The zero-order valence-electron chi connectivity index (χ0n) is 15.6. The normalized spacial score (nSPS) is 29.1. The van der Waals surface area contributed by atoms with E-state index >= 15 is 0 Å². The summed E-state index contributed by atoms with van der Waals surface area (Å²) in [4.78, 5) is 0.201. The second kappa shape index (κ2) is 6.32. The van der Waals surface area contributed by atoms with Crippen molar-refractivity contribution in [1.29, 1.82) is 0 Å². The van der Waals surface area contributed by atoms with Crippen LogP contribution in [-0.2, 0) is 14.6 Å². The summed E-state index contributed by atoms with van der Waals surface area (Å²) in [5.41, 5.74) is 2.43. The minimum absolute atomic E-state index is 0.0542. The predicted octanol–water partition coefficient (Wildman–Crippen LogP) is 4.86. The molecule has 3 nitrogen and oxygen atoms in total. The highest BCUT2D eigenvalue weighted by molar-refractivity contribution is 7.90. The van der Waals surface area contributed by atoms with Gasteiger partial charge in [-0.1, -0.05) is 18.2 Å². The fourth-order valence-corrected chi connectivity index (χ4v) is 4.71. The molecular formula is C21H21F3O3S. The minimum Gasteiger partial charge on any atom is -0.343 e. The molecule has 3 aliphatic carbocycles. The molecule has 1 saturated carbocycles. The van der Waals surface area contributed by atoms with Gasteiger partial charge in [-0.2, -0.15) is 0 Å². The standard InChI is InChI=1S/C21H21F3O3S/c1-27-21(24)8-7-15(18(22)19(21)23)17-12-20(9-10-20)11-16(17)13-3-5-14(6-4-13)28(2,25)26/h3-8,19H,9-12H2,1-2H3. The number of halogens is 3. The van der Waals surface area contributed by atoms with Crippen molar-refractivity contribution in [3.8, 4) is 0 Å². The largest absolute Gasteiger partial charge is 0.343 e. The summed E-state index contributed by atoms with van der Waals surface area (Å²) in [5, 5.41) is 0. The molecule has 28 heavy (non-hydrogen) atoms. The lowest BCUT2D eigenvalue weighted by atomic mass is 9.90. The van der Waals surface area contributed by atoms with Gasteiger partial charge in [0.15, 0.2) is 9.84 Å². The monoisotopic (exact) mass is 410 g/mol. The van der Waals surface area contributed by atoms with E-state index in [9.17, 15) is 21.6 Å². The Labute approximate surface area is 162 Å². The smallest absolute Gasteiger partial charge is 0.266 e. The number of sulfone groups is 1. The third-order valence-electron chi connectivity index (χ3n) is 6.00. The number of allylic oxidation sites excluding steroid dienone is 4. The Kier molecular flexibility index (Phi) is 4.39. The molecule has 0 heterocycles. The third kappa shape index (κ3) is 3.14. The highest BCUT2D eigenvalue weighted by Crippen LogP contribution is 2.63. The summed E-state index contributed by atoms with van der Waals surface area (Å²) in [6, 6.07) is 6.42. The molecule has 4 rings (SSSR count). The zero-order valence-corrected chi connectivity index (χ0v) is 16.5. The lowest BCUT2D eigenvalue weighted by Crippen LogP contribution is -2.37. The summed E-state index contributed by atoms with van der Waals surface area (Å²) in [5.74, 6) is -3.97. The van der Waals surface area contributed by atoms with Crippen LogP contribution in [-0.4, -0.2) is 33.8 Å². The second-order valence-electron chi connectivity index (χ2n) is 7.97. The first-order chi connectivity index (χ1) is 13.1. The quantitative estimate of drug-likeness (QED) is 0.712. The molecule has 7 heteroatoms. The van der Waals surface area contributed by atoms with Crippen molar-refractivity contribution in [2.24, 2.45) is 5.41 Å². The van der Waals surface area contributed by atoms with E-state index in [0.29, 0.717) is 18.4 Å². The highest BCUT2D eigenvalue weighted by Gasteiger charge is 2.51. The van der Waals surface area contributed by atoms with Gasteiger partial charge in [0, 0.05) is 18.9 Å². The van der Waals surface area contributed by atoms with Crippen LogP contribution < -0.4 is 0 Å². The number of hydrogen-bond acceptors (Lipinski definition) is 3. The van der Waals surface area contributed by atoms with Crippen molar-refractivity contribution in [1.82, 2.24) is 0 Å². The highest BCUT2D eigenvalue weighted by atomic mass is 32.2. The van der Waals surface area contributed by atoms with Crippen molar-refractivity contribution in [2.75, 3.05) is 13.4 Å². The number of ether oxygens (including phenoxy) is 1.